The Morgan fingerprint density at radius 3 is 2.57 bits per heavy atom. The van der Waals surface area contributed by atoms with Crippen molar-refractivity contribution < 1.29 is 23.4 Å². The van der Waals surface area contributed by atoms with Crippen LogP contribution in [0, 0.1) is 5.82 Å². The van der Waals surface area contributed by atoms with E-state index in [2.05, 4.69) is 40.3 Å². The Balaban J connectivity index is 2.65. The van der Waals surface area contributed by atoms with E-state index in [9.17, 15) is 9.18 Å². The van der Waals surface area contributed by atoms with Crippen molar-refractivity contribution in [3.05, 3.63) is 28.0 Å². The van der Waals surface area contributed by atoms with Crippen LogP contribution >= 0.6 is 15.9 Å². The van der Waals surface area contributed by atoms with Crippen molar-refractivity contribution in [3.8, 4) is 5.75 Å². The molecule has 0 N–H and O–H groups in total. The van der Waals surface area contributed by atoms with Crippen molar-refractivity contribution in [3.63, 3.8) is 0 Å². The van der Waals surface area contributed by atoms with E-state index < -0.39 is 19.9 Å². The predicted octanol–water partition coefficient (Wildman–Crippen LogP) is 4.07. The number of methoxy groups -OCH3 is 1. The summed E-state index contributed by atoms with van der Waals surface area (Å²) in [5.74, 6) is -0.997. The van der Waals surface area contributed by atoms with Crippen LogP contribution in [0.4, 0.5) is 4.39 Å². The largest absolute Gasteiger partial charge is 0.467 e. The Bertz CT molecular complexity index is 502. The molecule has 7 heteroatoms. The van der Waals surface area contributed by atoms with Gasteiger partial charge in [0.25, 0.3) is 0 Å². The molecule has 0 aromatic heterocycles. The fraction of sp³-hybridized carbons (Fsp3) is 0.500. The van der Waals surface area contributed by atoms with E-state index in [0.717, 1.165) is 12.1 Å². The summed E-state index contributed by atoms with van der Waals surface area (Å²) in [7, 11) is 0.0994. The molecule has 0 aliphatic heterocycles. The molecule has 0 spiro atoms. The highest BCUT2D eigenvalue weighted by atomic mass is 79.9. The highest BCUT2D eigenvalue weighted by Crippen LogP contribution is 2.27. The fourth-order valence-electron chi connectivity index (χ4n) is 1.46. The zero-order valence-corrected chi connectivity index (χ0v) is 15.3. The van der Waals surface area contributed by atoms with E-state index in [4.69, 9.17) is 9.47 Å². The summed E-state index contributed by atoms with van der Waals surface area (Å²) >= 11 is 3.03. The molecule has 21 heavy (non-hydrogen) atoms. The van der Waals surface area contributed by atoms with Crippen molar-refractivity contribution >= 4 is 30.0 Å². The zero-order valence-electron chi connectivity index (χ0n) is 12.7. The minimum Gasteiger partial charge on any atom is -0.467 e. The Morgan fingerprint density at radius 1 is 1.33 bits per heavy atom. The summed E-state index contributed by atoms with van der Waals surface area (Å²) in [6.07, 6.45) is 0. The molecule has 1 aromatic rings. The summed E-state index contributed by atoms with van der Waals surface area (Å²) in [6, 6.07) is 3.48. The van der Waals surface area contributed by atoms with Gasteiger partial charge in [0.05, 0.1) is 11.6 Å². The van der Waals surface area contributed by atoms with Crippen molar-refractivity contribution in [1.82, 2.24) is 0 Å². The Labute approximate surface area is 133 Å². The Hall–Kier alpha value is -0.923. The number of esters is 1. The fourth-order valence-corrected chi connectivity index (χ4v) is 2.56. The van der Waals surface area contributed by atoms with Crippen LogP contribution in [0.2, 0.25) is 25.7 Å². The number of carbonyl (C=O) groups is 1. The van der Waals surface area contributed by atoms with Gasteiger partial charge in [0.2, 0.25) is 0 Å². The van der Waals surface area contributed by atoms with Gasteiger partial charge in [-0.3, -0.25) is 0 Å². The van der Waals surface area contributed by atoms with Crippen molar-refractivity contribution in [2.75, 3.05) is 20.5 Å². The summed E-state index contributed by atoms with van der Waals surface area (Å²) in [5, 5.41) is 0. The molecule has 0 radical (unpaired) electrons. The lowest BCUT2D eigenvalue weighted by molar-refractivity contribution is 0.0205. The minimum absolute atomic E-state index is 0.0322. The Kier molecular flexibility index (Phi) is 6.83. The maximum absolute atomic E-state index is 13.5. The van der Waals surface area contributed by atoms with Gasteiger partial charge in [0.15, 0.2) is 6.79 Å². The highest BCUT2D eigenvalue weighted by molar-refractivity contribution is 9.10. The number of rotatable bonds is 7. The molecule has 0 unspecified atom stereocenters. The lowest BCUT2D eigenvalue weighted by Crippen LogP contribution is -2.22. The standard InChI is InChI=1S/C14H20BrFO4Si/c1-18-14(17)10-7-11(15)12(16)8-13(10)20-9-19-5-6-21(2,3)4/h7-8H,5-6,9H2,1-4H3. The van der Waals surface area contributed by atoms with Crippen LogP contribution in [0.3, 0.4) is 0 Å². The van der Waals surface area contributed by atoms with Gasteiger partial charge in [0, 0.05) is 20.7 Å². The third-order valence-electron chi connectivity index (χ3n) is 2.72. The maximum Gasteiger partial charge on any atom is 0.341 e. The average Bonchev–Trinajstić information content (AvgIpc) is 2.39. The van der Waals surface area contributed by atoms with Crippen LogP contribution in [0.5, 0.6) is 5.75 Å². The second-order valence-corrected chi connectivity index (χ2v) is 12.2. The topological polar surface area (TPSA) is 44.8 Å². The van der Waals surface area contributed by atoms with Gasteiger partial charge in [-0.25, -0.2) is 9.18 Å². The van der Waals surface area contributed by atoms with E-state index in [0.29, 0.717) is 6.61 Å². The van der Waals surface area contributed by atoms with Crippen LogP contribution < -0.4 is 4.74 Å². The molecule has 0 bridgehead atoms. The average molecular weight is 379 g/mol. The molecular weight excluding hydrogens is 359 g/mol. The predicted molar refractivity (Wildman–Crippen MR) is 85.0 cm³/mol. The van der Waals surface area contributed by atoms with Gasteiger partial charge in [-0.2, -0.15) is 0 Å². The normalized spacial score (nSPS) is 11.3. The molecule has 1 rings (SSSR count). The lowest BCUT2D eigenvalue weighted by Gasteiger charge is -2.16. The van der Waals surface area contributed by atoms with Crippen LogP contribution in [0.15, 0.2) is 16.6 Å². The molecule has 118 valence electrons. The molecule has 0 saturated heterocycles. The molecule has 1 aromatic carbocycles. The van der Waals surface area contributed by atoms with Crippen molar-refractivity contribution in [2.24, 2.45) is 0 Å². The second-order valence-electron chi connectivity index (χ2n) is 5.74. The molecule has 0 atom stereocenters. The molecule has 0 saturated carbocycles. The number of ether oxygens (including phenoxy) is 3. The first-order chi connectivity index (χ1) is 9.74. The quantitative estimate of drug-likeness (QED) is 0.310. The third kappa shape index (κ3) is 6.15. The number of hydrogen-bond acceptors (Lipinski definition) is 4. The molecule has 0 aliphatic carbocycles. The van der Waals surface area contributed by atoms with Gasteiger partial charge >= 0.3 is 5.97 Å². The van der Waals surface area contributed by atoms with E-state index in [1.54, 1.807) is 0 Å². The molecule has 0 heterocycles. The van der Waals surface area contributed by atoms with E-state index in [1.165, 1.54) is 13.2 Å². The monoisotopic (exact) mass is 378 g/mol. The summed E-state index contributed by atoms with van der Waals surface area (Å²) < 4.78 is 29.1. The van der Waals surface area contributed by atoms with Gasteiger partial charge < -0.3 is 14.2 Å². The minimum atomic E-state index is -1.16. The smallest absolute Gasteiger partial charge is 0.341 e. The third-order valence-corrected chi connectivity index (χ3v) is 5.03. The van der Waals surface area contributed by atoms with Crippen LogP contribution in [0.25, 0.3) is 0 Å². The van der Waals surface area contributed by atoms with Crippen molar-refractivity contribution in [1.29, 1.82) is 0 Å². The van der Waals surface area contributed by atoms with Crippen LogP contribution in [0.1, 0.15) is 10.4 Å². The number of benzene rings is 1. The maximum atomic E-state index is 13.5. The van der Waals surface area contributed by atoms with E-state index >= 15 is 0 Å². The van der Waals surface area contributed by atoms with Gasteiger partial charge in [-0.05, 0) is 28.0 Å². The highest BCUT2D eigenvalue weighted by Gasteiger charge is 2.17. The van der Waals surface area contributed by atoms with E-state index in [1.807, 2.05) is 0 Å². The summed E-state index contributed by atoms with van der Waals surface area (Å²) in [6.45, 7) is 7.29. The van der Waals surface area contributed by atoms with Crippen LogP contribution in [-0.2, 0) is 9.47 Å². The van der Waals surface area contributed by atoms with Crippen LogP contribution in [-0.4, -0.2) is 34.6 Å². The van der Waals surface area contributed by atoms with Gasteiger partial charge in [-0.15, -0.1) is 0 Å². The summed E-state index contributed by atoms with van der Waals surface area (Å²) in [5.41, 5.74) is 0.152. The SMILES string of the molecule is COC(=O)c1cc(Br)c(F)cc1OCOCC[Si](C)(C)C. The lowest BCUT2D eigenvalue weighted by atomic mass is 10.2. The van der Waals surface area contributed by atoms with Gasteiger partial charge in [0.1, 0.15) is 17.1 Å². The Morgan fingerprint density at radius 2 is 2.00 bits per heavy atom. The molecule has 4 nitrogen and oxygen atoms in total. The first-order valence-electron chi connectivity index (χ1n) is 6.52. The summed E-state index contributed by atoms with van der Waals surface area (Å²) in [4.78, 5) is 11.6. The first-order valence-corrected chi connectivity index (χ1v) is 11.0. The molecular formula is C14H20BrFO4Si. The van der Waals surface area contributed by atoms with Gasteiger partial charge in [-0.1, -0.05) is 19.6 Å². The van der Waals surface area contributed by atoms with E-state index in [-0.39, 0.29) is 22.6 Å². The zero-order chi connectivity index (χ0) is 16.0. The second kappa shape index (κ2) is 7.91. The molecule has 0 fully saturated rings. The van der Waals surface area contributed by atoms with Crippen molar-refractivity contribution in [2.45, 2.75) is 25.7 Å². The number of halogens is 2. The first kappa shape index (κ1) is 18.1. The molecule has 0 aliphatic rings. The number of carbonyl (C=O) groups excluding carboxylic acids is 1. The molecule has 0 amide bonds. The number of hydrogen-bond donors (Lipinski definition) is 0.